The van der Waals surface area contributed by atoms with E-state index >= 15 is 0 Å². The van der Waals surface area contributed by atoms with Crippen molar-refractivity contribution in [3.63, 3.8) is 0 Å². The van der Waals surface area contributed by atoms with Crippen molar-refractivity contribution in [1.29, 1.82) is 0 Å². The Morgan fingerprint density at radius 2 is 1.97 bits per heavy atom. The van der Waals surface area contributed by atoms with Crippen LogP contribution in [0.3, 0.4) is 0 Å². The lowest BCUT2D eigenvalue weighted by molar-refractivity contribution is 0.102. The Labute approximate surface area is 208 Å². The molecule has 2 N–H and O–H groups in total. The van der Waals surface area contributed by atoms with Crippen molar-refractivity contribution in [2.45, 2.75) is 51.3 Å². The van der Waals surface area contributed by atoms with Crippen LogP contribution in [0, 0.1) is 0 Å². The first-order chi connectivity index (χ1) is 17.5. The van der Waals surface area contributed by atoms with Crippen molar-refractivity contribution in [2.24, 2.45) is 0 Å². The van der Waals surface area contributed by atoms with Crippen molar-refractivity contribution >= 4 is 17.8 Å². The fourth-order valence-corrected chi connectivity index (χ4v) is 5.25. The number of aliphatic hydroxyl groups excluding tert-OH is 1. The van der Waals surface area contributed by atoms with Crippen LogP contribution < -0.4 is 5.32 Å². The molecule has 3 aliphatic heterocycles. The van der Waals surface area contributed by atoms with E-state index in [2.05, 4.69) is 37.0 Å². The molecule has 0 aliphatic carbocycles. The molecule has 3 aliphatic rings. The molecular formula is C25H28N8O3. The highest BCUT2D eigenvalue weighted by Gasteiger charge is 2.30. The number of nitrogens with one attached hydrogen (secondary N) is 1. The molecule has 1 saturated heterocycles. The molecule has 6 heterocycles. The molecule has 6 rings (SSSR count). The number of aromatic nitrogens is 5. The lowest BCUT2D eigenvalue weighted by Crippen LogP contribution is -2.44. The number of carbonyl (C=O) groups excluding carboxylic acids is 2. The van der Waals surface area contributed by atoms with Gasteiger partial charge in [-0.1, -0.05) is 6.07 Å². The molecule has 3 amide bonds. The maximum absolute atomic E-state index is 13.0. The number of hydrogen-bond acceptors (Lipinski definition) is 7. The highest BCUT2D eigenvalue weighted by molar-refractivity contribution is 6.02. The van der Waals surface area contributed by atoms with E-state index in [1.165, 1.54) is 0 Å². The van der Waals surface area contributed by atoms with Gasteiger partial charge in [-0.25, -0.2) is 9.78 Å². The van der Waals surface area contributed by atoms with Gasteiger partial charge in [0.25, 0.3) is 5.91 Å². The van der Waals surface area contributed by atoms with Crippen molar-refractivity contribution < 1.29 is 14.7 Å². The van der Waals surface area contributed by atoms with E-state index in [1.807, 2.05) is 12.1 Å². The minimum Gasteiger partial charge on any atom is -0.391 e. The fourth-order valence-electron chi connectivity index (χ4n) is 5.25. The molecule has 0 aromatic carbocycles. The van der Waals surface area contributed by atoms with Gasteiger partial charge in [-0.3, -0.25) is 9.78 Å². The number of carbonyl (C=O) groups is 2. The van der Waals surface area contributed by atoms with Gasteiger partial charge >= 0.3 is 6.03 Å². The van der Waals surface area contributed by atoms with Crippen LogP contribution in [0.1, 0.15) is 53.2 Å². The van der Waals surface area contributed by atoms with E-state index in [4.69, 9.17) is 0 Å². The predicted molar refractivity (Wildman–Crippen MR) is 130 cm³/mol. The molecule has 1 fully saturated rings. The minimum absolute atomic E-state index is 0.0738. The van der Waals surface area contributed by atoms with Crippen LogP contribution in [0.2, 0.25) is 0 Å². The molecule has 0 radical (unpaired) electrons. The molecule has 0 unspecified atom stereocenters. The van der Waals surface area contributed by atoms with Gasteiger partial charge in [-0.05, 0) is 55.5 Å². The second-order valence-corrected chi connectivity index (χ2v) is 9.74. The van der Waals surface area contributed by atoms with Crippen molar-refractivity contribution in [3.8, 4) is 11.5 Å². The summed E-state index contributed by atoms with van der Waals surface area (Å²) in [4.78, 5) is 38.3. The quantitative estimate of drug-likeness (QED) is 0.577. The Kier molecular flexibility index (Phi) is 5.63. The molecular weight excluding hydrogens is 460 g/mol. The van der Waals surface area contributed by atoms with Gasteiger partial charge in [-0.2, -0.15) is 0 Å². The standard InChI is InChI=1S/C25H28N8O3/c1-15-5-6-22-29-30-23(33(15)22)19-3-2-4-21(27-19)28-24(35)20-11-17-13-31(9-7-16(17)12-26-20)25(36)32-10-8-18(34)14-32/h2-4,11-12,15,18,34H,5-10,13-14H2,1H3,(H,27,28,35)/t15-,18+/m0/s1. The summed E-state index contributed by atoms with van der Waals surface area (Å²) in [7, 11) is 0. The Morgan fingerprint density at radius 1 is 1.08 bits per heavy atom. The summed E-state index contributed by atoms with van der Waals surface area (Å²) < 4.78 is 2.11. The number of pyridine rings is 2. The molecule has 0 bridgehead atoms. The number of anilines is 1. The molecule has 3 aromatic rings. The summed E-state index contributed by atoms with van der Waals surface area (Å²) in [6.45, 7) is 4.07. The lowest BCUT2D eigenvalue weighted by Gasteiger charge is -2.32. The van der Waals surface area contributed by atoms with Crippen LogP contribution in [0.5, 0.6) is 0 Å². The number of likely N-dealkylation sites (tertiary alicyclic amines) is 1. The van der Waals surface area contributed by atoms with E-state index in [9.17, 15) is 14.7 Å². The van der Waals surface area contributed by atoms with Crippen molar-refractivity contribution in [1.82, 2.24) is 34.5 Å². The van der Waals surface area contributed by atoms with Gasteiger partial charge in [0.15, 0.2) is 5.82 Å². The summed E-state index contributed by atoms with van der Waals surface area (Å²) in [6.07, 6.45) is 4.48. The van der Waals surface area contributed by atoms with E-state index in [1.54, 1.807) is 28.1 Å². The third-order valence-electron chi connectivity index (χ3n) is 7.24. The van der Waals surface area contributed by atoms with Crippen molar-refractivity contribution in [2.75, 3.05) is 25.0 Å². The molecule has 36 heavy (non-hydrogen) atoms. The van der Waals surface area contributed by atoms with Gasteiger partial charge in [0, 0.05) is 44.8 Å². The summed E-state index contributed by atoms with van der Waals surface area (Å²) in [5, 5.41) is 21.2. The van der Waals surface area contributed by atoms with E-state index in [0.717, 1.165) is 29.8 Å². The summed E-state index contributed by atoms with van der Waals surface area (Å²) in [5.41, 5.74) is 2.86. The molecule has 0 spiro atoms. The molecule has 186 valence electrons. The third kappa shape index (κ3) is 4.09. The number of aryl methyl sites for hydroxylation is 1. The Hall–Kier alpha value is -3.86. The zero-order chi connectivity index (χ0) is 24.8. The Morgan fingerprint density at radius 3 is 2.81 bits per heavy atom. The first-order valence-corrected chi connectivity index (χ1v) is 12.4. The van der Waals surface area contributed by atoms with Crippen molar-refractivity contribution in [3.05, 3.63) is 53.1 Å². The van der Waals surface area contributed by atoms with E-state index in [-0.39, 0.29) is 17.6 Å². The van der Waals surface area contributed by atoms with Gasteiger partial charge < -0.3 is 24.8 Å². The number of β-amino-alcohol motifs (C(OH)–C–C–N with tert-alkyl or cyclic N) is 1. The average Bonchev–Trinajstić information content (AvgIpc) is 3.61. The molecule has 2 atom stereocenters. The second-order valence-electron chi connectivity index (χ2n) is 9.74. The molecule has 0 saturated carbocycles. The Bertz CT molecular complexity index is 1340. The minimum atomic E-state index is -0.452. The number of rotatable bonds is 3. The monoisotopic (exact) mass is 488 g/mol. The Balaban J connectivity index is 1.17. The van der Waals surface area contributed by atoms with Crippen LogP contribution >= 0.6 is 0 Å². The van der Waals surface area contributed by atoms with E-state index < -0.39 is 6.10 Å². The van der Waals surface area contributed by atoms with E-state index in [0.29, 0.717) is 62.4 Å². The number of hydrogen-bond donors (Lipinski definition) is 2. The van der Waals surface area contributed by atoms with Gasteiger partial charge in [0.2, 0.25) is 0 Å². The first kappa shape index (κ1) is 22.6. The lowest BCUT2D eigenvalue weighted by atomic mass is 10.0. The smallest absolute Gasteiger partial charge is 0.320 e. The van der Waals surface area contributed by atoms with Crippen LogP contribution in [0.4, 0.5) is 10.6 Å². The van der Waals surface area contributed by atoms with Crippen LogP contribution in [-0.4, -0.2) is 77.3 Å². The zero-order valence-corrected chi connectivity index (χ0v) is 20.1. The van der Waals surface area contributed by atoms with Gasteiger partial charge in [0.1, 0.15) is 23.0 Å². The topological polar surface area (TPSA) is 129 Å². The largest absolute Gasteiger partial charge is 0.391 e. The molecule has 11 nitrogen and oxygen atoms in total. The summed E-state index contributed by atoms with van der Waals surface area (Å²) in [5.74, 6) is 1.70. The highest BCUT2D eigenvalue weighted by atomic mass is 16.3. The second kappa shape index (κ2) is 8.98. The number of nitrogens with zero attached hydrogens (tertiary/aromatic N) is 7. The normalized spacial score (nSPS) is 20.8. The number of aliphatic hydroxyl groups is 1. The summed E-state index contributed by atoms with van der Waals surface area (Å²) in [6, 6.07) is 7.41. The SMILES string of the molecule is C[C@H]1CCc2nnc(-c3cccc(NC(=O)c4cc5c(cn4)CCN(C(=O)N4CC[C@@H](O)C4)C5)n3)n21. The third-order valence-corrected chi connectivity index (χ3v) is 7.24. The van der Waals surface area contributed by atoms with Gasteiger partial charge in [-0.15, -0.1) is 10.2 Å². The summed E-state index contributed by atoms with van der Waals surface area (Å²) >= 11 is 0. The number of amides is 3. The van der Waals surface area contributed by atoms with Crippen LogP contribution in [-0.2, 0) is 19.4 Å². The average molecular weight is 489 g/mol. The molecule has 3 aromatic heterocycles. The number of fused-ring (bicyclic) bond motifs is 2. The first-order valence-electron chi connectivity index (χ1n) is 12.4. The number of urea groups is 1. The van der Waals surface area contributed by atoms with Crippen LogP contribution in [0.25, 0.3) is 11.5 Å². The fraction of sp³-hybridized carbons (Fsp3) is 0.440. The maximum atomic E-state index is 13.0. The predicted octanol–water partition coefficient (Wildman–Crippen LogP) is 2.04. The van der Waals surface area contributed by atoms with Crippen LogP contribution in [0.15, 0.2) is 30.5 Å². The molecule has 11 heteroatoms. The maximum Gasteiger partial charge on any atom is 0.320 e. The zero-order valence-electron chi connectivity index (χ0n) is 20.1. The highest BCUT2D eigenvalue weighted by Crippen LogP contribution is 2.30. The van der Waals surface area contributed by atoms with Gasteiger partial charge in [0.05, 0.1) is 6.10 Å².